The Kier molecular flexibility index (Phi) is 5.74. The van der Waals surface area contributed by atoms with E-state index in [9.17, 15) is 0 Å². The summed E-state index contributed by atoms with van der Waals surface area (Å²) in [4.78, 5) is 9.68. The lowest BCUT2D eigenvalue weighted by Crippen LogP contribution is -2.22. The van der Waals surface area contributed by atoms with Gasteiger partial charge >= 0.3 is 0 Å². The Morgan fingerprint density at radius 2 is 1.81 bits per heavy atom. The normalized spacial score (nSPS) is 22.8. The molecule has 1 aliphatic carbocycles. The van der Waals surface area contributed by atoms with E-state index in [-0.39, 0.29) is 0 Å². The van der Waals surface area contributed by atoms with Crippen LogP contribution in [0.3, 0.4) is 0 Å². The first-order valence-corrected chi connectivity index (χ1v) is 8.52. The Bertz CT molecular complexity index is 445. The Morgan fingerprint density at radius 1 is 1.14 bits per heavy atom. The summed E-state index contributed by atoms with van der Waals surface area (Å²) in [7, 11) is 0. The molecule has 1 aromatic rings. The van der Waals surface area contributed by atoms with Gasteiger partial charge < -0.3 is 5.32 Å². The zero-order valence-electron chi connectivity index (χ0n) is 14.4. The van der Waals surface area contributed by atoms with Crippen LogP contribution in [0.1, 0.15) is 75.1 Å². The molecule has 3 heteroatoms. The molecule has 21 heavy (non-hydrogen) atoms. The predicted octanol–water partition coefficient (Wildman–Crippen LogP) is 4.13. The van der Waals surface area contributed by atoms with Crippen molar-refractivity contribution in [1.29, 1.82) is 0 Å². The molecule has 1 fully saturated rings. The molecule has 0 spiro atoms. The summed E-state index contributed by atoms with van der Waals surface area (Å²) in [5, 5.41) is 3.51. The van der Waals surface area contributed by atoms with E-state index in [2.05, 4.69) is 39.9 Å². The topological polar surface area (TPSA) is 37.8 Å². The minimum atomic E-state index is 0.573. The van der Waals surface area contributed by atoms with Gasteiger partial charge in [-0.15, -0.1) is 0 Å². The van der Waals surface area contributed by atoms with Crippen molar-refractivity contribution in [2.24, 2.45) is 11.8 Å². The van der Waals surface area contributed by atoms with Crippen LogP contribution in [0.4, 0.5) is 0 Å². The van der Waals surface area contributed by atoms with Crippen LogP contribution in [0.2, 0.25) is 0 Å². The lowest BCUT2D eigenvalue weighted by Gasteiger charge is -2.26. The molecule has 0 saturated heterocycles. The molecule has 0 aromatic carbocycles. The Labute approximate surface area is 130 Å². The van der Waals surface area contributed by atoms with Crippen LogP contribution in [-0.2, 0) is 6.54 Å². The fourth-order valence-corrected chi connectivity index (χ4v) is 3.36. The standard InChI is InChI=1S/C18H31N3/c1-12(2)10-19-11-17-14(4)20-18(21-15(17)5)16-8-6-7-13(3)9-16/h12-13,16,19H,6-11H2,1-5H3. The van der Waals surface area contributed by atoms with Gasteiger partial charge in [0.15, 0.2) is 0 Å². The Hall–Kier alpha value is -0.960. The molecule has 1 N–H and O–H groups in total. The predicted molar refractivity (Wildman–Crippen MR) is 88.4 cm³/mol. The van der Waals surface area contributed by atoms with Crippen molar-refractivity contribution in [2.75, 3.05) is 6.54 Å². The van der Waals surface area contributed by atoms with E-state index in [0.29, 0.717) is 11.8 Å². The van der Waals surface area contributed by atoms with Crippen molar-refractivity contribution >= 4 is 0 Å². The third kappa shape index (κ3) is 4.50. The molecule has 1 saturated carbocycles. The molecule has 0 aliphatic heterocycles. The number of nitrogens with one attached hydrogen (secondary N) is 1. The molecule has 1 aliphatic rings. The van der Waals surface area contributed by atoms with Crippen molar-refractivity contribution in [3.63, 3.8) is 0 Å². The summed E-state index contributed by atoms with van der Waals surface area (Å²) in [6.07, 6.45) is 5.20. The van der Waals surface area contributed by atoms with Crippen LogP contribution in [0, 0.1) is 25.7 Å². The van der Waals surface area contributed by atoms with Gasteiger partial charge in [-0.1, -0.05) is 33.6 Å². The van der Waals surface area contributed by atoms with E-state index in [1.165, 1.54) is 31.2 Å². The van der Waals surface area contributed by atoms with E-state index < -0.39 is 0 Å². The molecular weight excluding hydrogens is 258 g/mol. The van der Waals surface area contributed by atoms with Crippen LogP contribution in [0.15, 0.2) is 0 Å². The first-order valence-electron chi connectivity index (χ1n) is 8.52. The van der Waals surface area contributed by atoms with Crippen molar-refractivity contribution < 1.29 is 0 Å². The average Bonchev–Trinajstić information content (AvgIpc) is 2.41. The third-order valence-electron chi connectivity index (χ3n) is 4.59. The maximum absolute atomic E-state index is 4.84. The molecule has 0 amide bonds. The first-order chi connectivity index (χ1) is 9.97. The van der Waals surface area contributed by atoms with Gasteiger partial charge in [-0.3, -0.25) is 0 Å². The molecule has 118 valence electrons. The Balaban J connectivity index is 2.09. The SMILES string of the molecule is Cc1nc(C2CCCC(C)C2)nc(C)c1CNCC(C)C. The first kappa shape index (κ1) is 16.4. The highest BCUT2D eigenvalue weighted by Crippen LogP contribution is 2.34. The van der Waals surface area contributed by atoms with Crippen LogP contribution >= 0.6 is 0 Å². The van der Waals surface area contributed by atoms with Crippen molar-refractivity contribution in [3.8, 4) is 0 Å². The molecule has 2 atom stereocenters. The average molecular weight is 289 g/mol. The van der Waals surface area contributed by atoms with Crippen LogP contribution in [0.25, 0.3) is 0 Å². The fourth-order valence-electron chi connectivity index (χ4n) is 3.36. The summed E-state index contributed by atoms with van der Waals surface area (Å²) >= 11 is 0. The van der Waals surface area contributed by atoms with Gasteiger partial charge in [0.1, 0.15) is 5.82 Å². The third-order valence-corrected chi connectivity index (χ3v) is 4.59. The van der Waals surface area contributed by atoms with Crippen molar-refractivity contribution in [2.45, 2.75) is 72.8 Å². The van der Waals surface area contributed by atoms with E-state index in [1.807, 2.05) is 0 Å². The monoisotopic (exact) mass is 289 g/mol. The minimum absolute atomic E-state index is 0.573. The highest BCUT2D eigenvalue weighted by molar-refractivity contribution is 5.25. The number of hydrogen-bond acceptors (Lipinski definition) is 3. The fraction of sp³-hybridized carbons (Fsp3) is 0.778. The van der Waals surface area contributed by atoms with E-state index in [4.69, 9.17) is 9.97 Å². The summed E-state index contributed by atoms with van der Waals surface area (Å²) in [5.41, 5.74) is 3.60. The number of aryl methyl sites for hydroxylation is 2. The van der Waals surface area contributed by atoms with Gasteiger partial charge in [0.2, 0.25) is 0 Å². The zero-order valence-corrected chi connectivity index (χ0v) is 14.4. The zero-order chi connectivity index (χ0) is 15.4. The highest BCUT2D eigenvalue weighted by Gasteiger charge is 2.23. The van der Waals surface area contributed by atoms with Gasteiger partial charge in [-0.2, -0.15) is 0 Å². The molecule has 3 nitrogen and oxygen atoms in total. The number of hydrogen-bond donors (Lipinski definition) is 1. The lowest BCUT2D eigenvalue weighted by molar-refractivity contribution is 0.334. The summed E-state index contributed by atoms with van der Waals surface area (Å²) in [6.45, 7) is 13.0. The smallest absolute Gasteiger partial charge is 0.131 e. The molecule has 1 heterocycles. The number of aromatic nitrogens is 2. The van der Waals surface area contributed by atoms with Gasteiger partial charge in [-0.05, 0) is 45.1 Å². The van der Waals surface area contributed by atoms with Gasteiger partial charge in [0.05, 0.1) is 0 Å². The summed E-state index contributed by atoms with van der Waals surface area (Å²) in [6, 6.07) is 0. The maximum Gasteiger partial charge on any atom is 0.131 e. The van der Waals surface area contributed by atoms with Gasteiger partial charge in [0, 0.05) is 29.4 Å². The summed E-state index contributed by atoms with van der Waals surface area (Å²) in [5.74, 6) is 3.16. The van der Waals surface area contributed by atoms with Gasteiger partial charge in [0.25, 0.3) is 0 Å². The molecule has 2 unspecified atom stereocenters. The molecule has 0 radical (unpaired) electrons. The van der Waals surface area contributed by atoms with Crippen LogP contribution in [0.5, 0.6) is 0 Å². The number of nitrogens with zero attached hydrogens (tertiary/aromatic N) is 2. The highest BCUT2D eigenvalue weighted by atomic mass is 14.9. The van der Waals surface area contributed by atoms with Crippen LogP contribution in [-0.4, -0.2) is 16.5 Å². The maximum atomic E-state index is 4.84. The van der Waals surface area contributed by atoms with E-state index >= 15 is 0 Å². The second kappa shape index (κ2) is 7.35. The molecule has 2 rings (SSSR count). The quantitative estimate of drug-likeness (QED) is 0.885. The van der Waals surface area contributed by atoms with Crippen molar-refractivity contribution in [1.82, 2.24) is 15.3 Å². The Morgan fingerprint density at radius 3 is 2.38 bits per heavy atom. The lowest BCUT2D eigenvalue weighted by atomic mass is 9.82. The van der Waals surface area contributed by atoms with Crippen LogP contribution < -0.4 is 5.32 Å². The molecule has 0 bridgehead atoms. The van der Waals surface area contributed by atoms with Crippen molar-refractivity contribution in [3.05, 3.63) is 22.8 Å². The number of rotatable bonds is 5. The molecular formula is C18H31N3. The molecule has 1 aromatic heterocycles. The largest absolute Gasteiger partial charge is 0.312 e. The van der Waals surface area contributed by atoms with E-state index in [1.54, 1.807) is 0 Å². The minimum Gasteiger partial charge on any atom is -0.312 e. The second-order valence-electron chi connectivity index (χ2n) is 7.22. The van der Waals surface area contributed by atoms with E-state index in [0.717, 1.165) is 36.2 Å². The summed E-state index contributed by atoms with van der Waals surface area (Å²) < 4.78 is 0. The van der Waals surface area contributed by atoms with Gasteiger partial charge in [-0.25, -0.2) is 9.97 Å². The second-order valence-corrected chi connectivity index (χ2v) is 7.22.